The maximum absolute atomic E-state index is 12.3. The molecule has 0 saturated heterocycles. The van der Waals surface area contributed by atoms with Crippen molar-refractivity contribution in [3.8, 4) is 0 Å². The van der Waals surface area contributed by atoms with Crippen molar-refractivity contribution in [3.63, 3.8) is 0 Å². The number of aromatic carboxylic acids is 1. The van der Waals surface area contributed by atoms with Gasteiger partial charge in [0.1, 0.15) is 9.09 Å². The first-order valence-corrected chi connectivity index (χ1v) is 9.26. The molecule has 0 amide bonds. The summed E-state index contributed by atoms with van der Waals surface area (Å²) in [7, 11) is -2.19. The van der Waals surface area contributed by atoms with Gasteiger partial charge < -0.3 is 5.11 Å². The molecule has 0 aromatic carbocycles. The minimum absolute atomic E-state index is 0.00949. The summed E-state index contributed by atoms with van der Waals surface area (Å²) in [6, 6.07) is 4.48. The molecule has 2 heterocycles. The Hall–Kier alpha value is -0.740. The number of hydrogen-bond acceptors (Lipinski definition) is 5. The average molecular weight is 396 g/mol. The number of rotatable bonds is 5. The summed E-state index contributed by atoms with van der Waals surface area (Å²) in [4.78, 5) is 10.8. The fourth-order valence-corrected chi connectivity index (χ4v) is 5.21. The summed E-state index contributed by atoms with van der Waals surface area (Å²) in [5, 5.41) is 10.7. The van der Waals surface area contributed by atoms with Gasteiger partial charge in [-0.2, -0.15) is 4.31 Å². The van der Waals surface area contributed by atoms with E-state index in [1.54, 1.807) is 0 Å². The first-order valence-electron chi connectivity index (χ1n) is 5.33. The maximum atomic E-state index is 12.3. The Kier molecular flexibility index (Phi) is 4.65. The highest BCUT2D eigenvalue weighted by molar-refractivity contribution is 9.11. The lowest BCUT2D eigenvalue weighted by molar-refractivity contribution is 0.0702. The Morgan fingerprint density at radius 2 is 2.15 bits per heavy atom. The average Bonchev–Trinajstić information content (AvgIpc) is 2.98. The quantitative estimate of drug-likeness (QED) is 0.843. The van der Waals surface area contributed by atoms with Crippen LogP contribution in [0.3, 0.4) is 0 Å². The molecule has 2 rings (SSSR count). The van der Waals surface area contributed by atoms with E-state index in [9.17, 15) is 13.2 Å². The fraction of sp³-hybridized carbons (Fsp3) is 0.182. The molecule has 9 heteroatoms. The van der Waals surface area contributed by atoms with Crippen LogP contribution in [0.1, 0.15) is 15.2 Å². The van der Waals surface area contributed by atoms with Gasteiger partial charge in [0.2, 0.25) is 0 Å². The third-order valence-electron chi connectivity index (χ3n) is 2.48. The monoisotopic (exact) mass is 395 g/mol. The van der Waals surface area contributed by atoms with E-state index in [0.29, 0.717) is 0 Å². The molecule has 5 nitrogen and oxygen atoms in total. The van der Waals surface area contributed by atoms with Crippen molar-refractivity contribution in [3.05, 3.63) is 37.8 Å². The van der Waals surface area contributed by atoms with Crippen molar-refractivity contribution >= 4 is 54.6 Å². The van der Waals surface area contributed by atoms with Gasteiger partial charge in [-0.05, 0) is 45.1 Å². The molecule has 0 spiro atoms. The Balaban J connectivity index is 2.22. The summed E-state index contributed by atoms with van der Waals surface area (Å²) in [6.07, 6.45) is 0. The van der Waals surface area contributed by atoms with E-state index in [0.717, 1.165) is 20.7 Å². The van der Waals surface area contributed by atoms with Crippen LogP contribution in [0.25, 0.3) is 0 Å². The molecule has 20 heavy (non-hydrogen) atoms. The SMILES string of the molecule is CN(Cc1csc(Br)c1)S(=O)(=O)c1ccc(C(=O)O)s1. The number of halogens is 1. The number of carbonyl (C=O) groups is 1. The van der Waals surface area contributed by atoms with Crippen molar-refractivity contribution in [2.75, 3.05) is 7.05 Å². The van der Waals surface area contributed by atoms with Crippen LogP contribution < -0.4 is 0 Å². The van der Waals surface area contributed by atoms with E-state index in [1.807, 2.05) is 11.4 Å². The highest BCUT2D eigenvalue weighted by Crippen LogP contribution is 2.27. The number of carboxylic acid groups (broad SMARTS) is 1. The number of nitrogens with zero attached hydrogens (tertiary/aromatic N) is 1. The van der Waals surface area contributed by atoms with Crippen molar-refractivity contribution in [1.29, 1.82) is 0 Å². The molecule has 0 bridgehead atoms. The van der Waals surface area contributed by atoms with Crippen LogP contribution in [0.2, 0.25) is 0 Å². The standard InChI is InChI=1S/C11H10BrNO4S3/c1-13(5-7-4-9(12)18-6-7)20(16,17)10-3-2-8(19-10)11(14)15/h2-4,6H,5H2,1H3,(H,14,15). The van der Waals surface area contributed by atoms with Crippen LogP contribution in [0.15, 0.2) is 31.6 Å². The lowest BCUT2D eigenvalue weighted by atomic mass is 10.3. The van der Waals surface area contributed by atoms with Crippen LogP contribution >= 0.6 is 38.6 Å². The molecule has 0 atom stereocenters. The Bertz CT molecular complexity index is 734. The van der Waals surface area contributed by atoms with Gasteiger partial charge in [-0.1, -0.05) is 0 Å². The number of sulfonamides is 1. The zero-order chi connectivity index (χ0) is 14.9. The predicted octanol–water partition coefficient (Wildman–Crippen LogP) is 3.09. The van der Waals surface area contributed by atoms with Crippen LogP contribution in [0.4, 0.5) is 0 Å². The first-order chi connectivity index (χ1) is 9.30. The van der Waals surface area contributed by atoms with Crippen molar-refractivity contribution in [2.45, 2.75) is 10.8 Å². The second-order valence-corrected chi connectivity index (χ2v) is 9.59. The molecule has 0 radical (unpaired) electrons. The molecule has 0 saturated carbocycles. The molecule has 0 fully saturated rings. The number of thiophene rings is 2. The first kappa shape index (κ1) is 15.6. The van der Waals surface area contributed by atoms with Crippen LogP contribution in [0.5, 0.6) is 0 Å². The molecule has 108 valence electrons. The van der Waals surface area contributed by atoms with Crippen LogP contribution in [0, 0.1) is 0 Å². The summed E-state index contributed by atoms with van der Waals surface area (Å²) < 4.78 is 26.8. The second-order valence-electron chi connectivity index (χ2n) is 3.94. The molecule has 0 unspecified atom stereocenters. The van der Waals surface area contributed by atoms with Crippen molar-refractivity contribution in [1.82, 2.24) is 4.31 Å². The van der Waals surface area contributed by atoms with Gasteiger partial charge in [0.15, 0.2) is 0 Å². The minimum atomic E-state index is -3.66. The summed E-state index contributed by atoms with van der Waals surface area (Å²) in [5.74, 6) is -1.12. The van der Waals surface area contributed by atoms with E-state index < -0.39 is 16.0 Å². The lowest BCUT2D eigenvalue weighted by Crippen LogP contribution is -2.25. The fourth-order valence-electron chi connectivity index (χ4n) is 1.50. The maximum Gasteiger partial charge on any atom is 0.345 e. The van der Waals surface area contributed by atoms with Crippen LogP contribution in [-0.4, -0.2) is 30.8 Å². The lowest BCUT2D eigenvalue weighted by Gasteiger charge is -2.14. The minimum Gasteiger partial charge on any atom is -0.477 e. The van der Waals surface area contributed by atoms with E-state index in [1.165, 1.54) is 34.8 Å². The molecule has 0 aliphatic heterocycles. The zero-order valence-corrected chi connectivity index (χ0v) is 14.3. The molecule has 1 N–H and O–H groups in total. The summed E-state index contributed by atoms with van der Waals surface area (Å²) in [6.45, 7) is 0.241. The Morgan fingerprint density at radius 1 is 1.45 bits per heavy atom. The van der Waals surface area contributed by atoms with Crippen LogP contribution in [-0.2, 0) is 16.6 Å². The normalized spacial score (nSPS) is 11.9. The molecule has 2 aromatic heterocycles. The Labute approximate surface area is 132 Å². The Morgan fingerprint density at radius 3 is 2.65 bits per heavy atom. The van der Waals surface area contributed by atoms with E-state index in [2.05, 4.69) is 15.9 Å². The van der Waals surface area contributed by atoms with Gasteiger partial charge in [0, 0.05) is 13.6 Å². The molecule has 0 aliphatic carbocycles. The number of hydrogen-bond donors (Lipinski definition) is 1. The highest BCUT2D eigenvalue weighted by atomic mass is 79.9. The predicted molar refractivity (Wildman–Crippen MR) is 82.0 cm³/mol. The molecular weight excluding hydrogens is 386 g/mol. The smallest absolute Gasteiger partial charge is 0.345 e. The third kappa shape index (κ3) is 3.29. The topological polar surface area (TPSA) is 74.7 Å². The van der Waals surface area contributed by atoms with E-state index in [4.69, 9.17) is 5.11 Å². The number of carboxylic acids is 1. The van der Waals surface area contributed by atoms with E-state index in [-0.39, 0.29) is 15.6 Å². The zero-order valence-electron chi connectivity index (χ0n) is 10.2. The highest BCUT2D eigenvalue weighted by Gasteiger charge is 2.24. The third-order valence-corrected chi connectivity index (χ3v) is 7.38. The van der Waals surface area contributed by atoms with Crippen molar-refractivity contribution < 1.29 is 18.3 Å². The van der Waals surface area contributed by atoms with E-state index >= 15 is 0 Å². The molecular formula is C11H10BrNO4S3. The van der Waals surface area contributed by atoms with Gasteiger partial charge in [-0.15, -0.1) is 22.7 Å². The van der Waals surface area contributed by atoms with Crippen molar-refractivity contribution in [2.24, 2.45) is 0 Å². The molecule has 0 aliphatic rings. The second kappa shape index (κ2) is 5.94. The largest absolute Gasteiger partial charge is 0.477 e. The van der Waals surface area contributed by atoms with Gasteiger partial charge in [0.25, 0.3) is 10.0 Å². The van der Waals surface area contributed by atoms with Gasteiger partial charge in [-0.25, -0.2) is 13.2 Å². The van der Waals surface area contributed by atoms with Gasteiger partial charge in [-0.3, -0.25) is 0 Å². The molecule has 2 aromatic rings. The van der Waals surface area contributed by atoms with Gasteiger partial charge >= 0.3 is 5.97 Å². The summed E-state index contributed by atoms with van der Waals surface area (Å²) in [5.41, 5.74) is 0.878. The van der Waals surface area contributed by atoms with Gasteiger partial charge in [0.05, 0.1) is 3.79 Å². The summed E-state index contributed by atoms with van der Waals surface area (Å²) >= 11 is 5.56.